The average molecular weight is 446 g/mol. The number of benzene rings is 2. The number of ether oxygens (including phenoxy) is 3. The lowest BCUT2D eigenvalue weighted by molar-refractivity contribution is -0.191. The van der Waals surface area contributed by atoms with Crippen molar-refractivity contribution in [1.29, 1.82) is 0 Å². The summed E-state index contributed by atoms with van der Waals surface area (Å²) in [6, 6.07) is 7.43. The van der Waals surface area contributed by atoms with Crippen molar-refractivity contribution in [2.75, 3.05) is 6.61 Å². The number of carbonyl (C=O) groups excluding carboxylic acids is 1. The normalized spacial score (nSPS) is 14.7. The highest BCUT2D eigenvalue weighted by Crippen LogP contribution is 2.39. The molecule has 4 nitrogen and oxygen atoms in total. The molecular formula is C21H16F6O4. The minimum atomic E-state index is -4.92. The smallest absolute Gasteiger partial charge is 0.425 e. The summed E-state index contributed by atoms with van der Waals surface area (Å²) in [4.78, 5) is 10.8. The maximum absolute atomic E-state index is 13.3. The van der Waals surface area contributed by atoms with Gasteiger partial charge in [-0.25, -0.2) is 0 Å². The summed E-state index contributed by atoms with van der Waals surface area (Å²) >= 11 is 0. The van der Waals surface area contributed by atoms with Crippen LogP contribution in [-0.4, -0.2) is 25.2 Å². The van der Waals surface area contributed by atoms with Gasteiger partial charge in [0.15, 0.2) is 6.10 Å². The Labute approximate surface area is 173 Å². The van der Waals surface area contributed by atoms with Gasteiger partial charge in [0.2, 0.25) is 0 Å². The van der Waals surface area contributed by atoms with Crippen molar-refractivity contribution in [1.82, 2.24) is 0 Å². The third kappa shape index (κ3) is 5.50. The summed E-state index contributed by atoms with van der Waals surface area (Å²) < 4.78 is 93.4. The molecule has 0 bridgehead atoms. The molecule has 2 aromatic carbocycles. The number of hydrogen-bond donors (Lipinski definition) is 0. The Morgan fingerprint density at radius 2 is 1.84 bits per heavy atom. The van der Waals surface area contributed by atoms with Gasteiger partial charge in [-0.3, -0.25) is 4.79 Å². The van der Waals surface area contributed by atoms with Gasteiger partial charge in [-0.1, -0.05) is 6.07 Å². The van der Waals surface area contributed by atoms with Crippen LogP contribution in [0.2, 0.25) is 0 Å². The quantitative estimate of drug-likeness (QED) is 0.429. The highest BCUT2D eigenvalue weighted by Gasteiger charge is 2.41. The van der Waals surface area contributed by atoms with Gasteiger partial charge < -0.3 is 14.2 Å². The lowest BCUT2D eigenvalue weighted by Gasteiger charge is -2.21. The fourth-order valence-electron chi connectivity index (χ4n) is 2.73. The average Bonchev–Trinajstić information content (AvgIpc) is 2.70. The van der Waals surface area contributed by atoms with Gasteiger partial charge in [0.05, 0.1) is 5.56 Å². The maximum Gasteiger partial charge on any atom is 0.425 e. The SMILES string of the molecule is C[C@H](Oc1ccc(COc2ccc3c(c2)OCC(C=O)=C3)cc1C(F)(F)F)C(F)(F)F. The van der Waals surface area contributed by atoms with E-state index >= 15 is 0 Å². The number of fused-ring (bicyclic) bond motifs is 1. The van der Waals surface area contributed by atoms with Crippen LogP contribution in [0.3, 0.4) is 0 Å². The summed E-state index contributed by atoms with van der Waals surface area (Å²) in [5.41, 5.74) is -0.130. The van der Waals surface area contributed by atoms with Crippen molar-refractivity contribution in [3.05, 3.63) is 58.7 Å². The van der Waals surface area contributed by atoms with Gasteiger partial charge in [-0.05, 0) is 42.8 Å². The Kier molecular flexibility index (Phi) is 6.19. The fraction of sp³-hybridized carbons (Fsp3) is 0.286. The third-order valence-corrected chi connectivity index (χ3v) is 4.39. The van der Waals surface area contributed by atoms with Gasteiger partial charge in [0.25, 0.3) is 0 Å². The Balaban J connectivity index is 1.77. The summed E-state index contributed by atoms with van der Waals surface area (Å²) in [6.45, 7) is 0.446. The minimum Gasteiger partial charge on any atom is -0.489 e. The predicted molar refractivity (Wildman–Crippen MR) is 97.9 cm³/mol. The molecule has 0 fully saturated rings. The number of alkyl halides is 6. The molecule has 0 N–H and O–H groups in total. The number of halogens is 6. The largest absolute Gasteiger partial charge is 0.489 e. The molecule has 0 saturated carbocycles. The number of hydrogen-bond acceptors (Lipinski definition) is 4. The number of aldehydes is 1. The lowest BCUT2D eigenvalue weighted by atomic mass is 10.1. The van der Waals surface area contributed by atoms with E-state index in [2.05, 4.69) is 4.74 Å². The van der Waals surface area contributed by atoms with Gasteiger partial charge in [0.1, 0.15) is 36.7 Å². The van der Waals surface area contributed by atoms with Crippen LogP contribution in [0.1, 0.15) is 23.6 Å². The summed E-state index contributed by atoms with van der Waals surface area (Å²) in [5, 5.41) is 0. The zero-order valence-electron chi connectivity index (χ0n) is 16.0. The van der Waals surface area contributed by atoms with Gasteiger partial charge in [0, 0.05) is 17.2 Å². The molecule has 0 aromatic heterocycles. The van der Waals surface area contributed by atoms with E-state index in [1.54, 1.807) is 18.2 Å². The first-order valence-electron chi connectivity index (χ1n) is 8.96. The van der Waals surface area contributed by atoms with Gasteiger partial charge in [-0.2, -0.15) is 26.3 Å². The minimum absolute atomic E-state index is 0.0844. The second-order valence-electron chi connectivity index (χ2n) is 6.74. The maximum atomic E-state index is 13.3. The molecule has 10 heteroatoms. The molecule has 0 aliphatic carbocycles. The van der Waals surface area contributed by atoms with Gasteiger partial charge >= 0.3 is 12.4 Å². The van der Waals surface area contributed by atoms with Crippen LogP contribution in [-0.2, 0) is 17.6 Å². The van der Waals surface area contributed by atoms with Crippen LogP contribution in [0.4, 0.5) is 26.3 Å². The van der Waals surface area contributed by atoms with E-state index in [0.717, 1.165) is 6.07 Å². The molecule has 0 amide bonds. The first kappa shape index (κ1) is 22.5. The van der Waals surface area contributed by atoms with Crippen LogP contribution in [0.25, 0.3) is 6.08 Å². The first-order chi connectivity index (χ1) is 14.5. The second kappa shape index (κ2) is 8.52. The molecule has 1 aliphatic heterocycles. The zero-order valence-corrected chi connectivity index (χ0v) is 16.0. The summed E-state index contributed by atoms with van der Waals surface area (Å²) in [7, 11) is 0. The van der Waals surface area contributed by atoms with E-state index < -0.39 is 29.8 Å². The van der Waals surface area contributed by atoms with Gasteiger partial charge in [-0.15, -0.1) is 0 Å². The third-order valence-electron chi connectivity index (χ3n) is 4.39. The first-order valence-corrected chi connectivity index (χ1v) is 8.96. The molecule has 3 rings (SSSR count). The summed E-state index contributed by atoms with van der Waals surface area (Å²) in [5.74, 6) is -0.161. The van der Waals surface area contributed by atoms with E-state index in [1.165, 1.54) is 12.1 Å². The lowest BCUT2D eigenvalue weighted by Crippen LogP contribution is -2.31. The topological polar surface area (TPSA) is 44.8 Å². The molecule has 31 heavy (non-hydrogen) atoms. The van der Waals surface area contributed by atoms with Crippen LogP contribution in [0.5, 0.6) is 17.2 Å². The molecule has 0 saturated heterocycles. The van der Waals surface area contributed by atoms with E-state index in [1.807, 2.05) is 0 Å². The van der Waals surface area contributed by atoms with E-state index in [4.69, 9.17) is 9.47 Å². The highest BCUT2D eigenvalue weighted by atomic mass is 19.4. The van der Waals surface area contributed by atoms with Crippen LogP contribution < -0.4 is 14.2 Å². The van der Waals surface area contributed by atoms with Crippen LogP contribution in [0.15, 0.2) is 42.0 Å². The molecule has 0 radical (unpaired) electrons. The fourth-order valence-corrected chi connectivity index (χ4v) is 2.73. The molecule has 166 valence electrons. The van der Waals surface area contributed by atoms with E-state index in [9.17, 15) is 31.1 Å². The molecular weight excluding hydrogens is 430 g/mol. The number of carbonyl (C=O) groups is 1. The van der Waals surface area contributed by atoms with E-state index in [-0.39, 0.29) is 18.8 Å². The van der Waals surface area contributed by atoms with E-state index in [0.29, 0.717) is 41.9 Å². The molecule has 0 spiro atoms. The molecule has 2 aromatic rings. The Morgan fingerprint density at radius 1 is 1.10 bits per heavy atom. The monoisotopic (exact) mass is 446 g/mol. The Morgan fingerprint density at radius 3 is 2.48 bits per heavy atom. The van der Waals surface area contributed by atoms with Crippen LogP contribution >= 0.6 is 0 Å². The zero-order chi connectivity index (χ0) is 22.8. The molecule has 1 atom stereocenters. The van der Waals surface area contributed by atoms with Crippen molar-refractivity contribution >= 4 is 12.4 Å². The standard InChI is InChI=1S/C21H16F6O4/c1-12(20(22,23)24)31-18-5-2-13(7-17(18)21(25,26)27)10-29-16-4-3-15-6-14(9-28)11-30-19(15)8-16/h2-9,12H,10-11H2,1H3/t12-/m0/s1. The molecule has 1 heterocycles. The Hall–Kier alpha value is -3.17. The van der Waals surface area contributed by atoms with Crippen LogP contribution in [0, 0.1) is 0 Å². The van der Waals surface area contributed by atoms with Crippen molar-refractivity contribution in [3.63, 3.8) is 0 Å². The highest BCUT2D eigenvalue weighted by molar-refractivity contribution is 5.84. The molecule has 0 unspecified atom stereocenters. The predicted octanol–water partition coefficient (Wildman–Crippen LogP) is 5.59. The van der Waals surface area contributed by atoms with Crippen molar-refractivity contribution < 1.29 is 45.3 Å². The Bertz CT molecular complexity index is 994. The summed E-state index contributed by atoms with van der Waals surface area (Å²) in [6.07, 6.45) is -9.81. The van der Waals surface area contributed by atoms with Crippen molar-refractivity contribution in [2.24, 2.45) is 0 Å². The number of rotatable bonds is 6. The van der Waals surface area contributed by atoms with Crippen molar-refractivity contribution in [2.45, 2.75) is 32.0 Å². The van der Waals surface area contributed by atoms with Crippen molar-refractivity contribution in [3.8, 4) is 17.2 Å². The molecule has 1 aliphatic rings. The second-order valence-corrected chi connectivity index (χ2v) is 6.74.